The maximum absolute atomic E-state index is 9.66. The van der Waals surface area contributed by atoms with Gasteiger partial charge in [0, 0.05) is 17.8 Å². The van der Waals surface area contributed by atoms with Crippen molar-refractivity contribution in [2.24, 2.45) is 0 Å². The smallest absolute Gasteiger partial charge is 0.152 e. The standard InChI is InChI=1S/C19H17Cl2NO2/c1-2-24-18-8-7-12-5-3-4-6-14(12)15(18)11-22-13-9-16(20)19(23)17(21)10-13/h3-10,22-23H,2,11H2,1H3. The summed E-state index contributed by atoms with van der Waals surface area (Å²) in [6.45, 7) is 3.11. The number of phenolic OH excluding ortho intramolecular Hbond substituents is 1. The molecule has 3 aromatic rings. The van der Waals surface area contributed by atoms with Crippen LogP contribution in [0.4, 0.5) is 5.69 Å². The third-order valence-electron chi connectivity index (χ3n) is 3.78. The first-order chi connectivity index (χ1) is 11.6. The van der Waals surface area contributed by atoms with Crippen LogP contribution >= 0.6 is 23.2 Å². The molecule has 5 heteroatoms. The predicted octanol–water partition coefficient (Wildman–Crippen LogP) is 5.86. The Labute approximate surface area is 150 Å². The number of hydrogen-bond donors (Lipinski definition) is 2. The Balaban J connectivity index is 1.95. The Bertz CT molecular complexity index is 857. The van der Waals surface area contributed by atoms with Gasteiger partial charge in [-0.1, -0.05) is 53.5 Å². The van der Waals surface area contributed by atoms with Crippen LogP contribution in [0.5, 0.6) is 11.5 Å². The quantitative estimate of drug-likeness (QED) is 0.559. The lowest BCUT2D eigenvalue weighted by Crippen LogP contribution is -2.04. The minimum Gasteiger partial charge on any atom is -0.505 e. The van der Waals surface area contributed by atoms with Crippen molar-refractivity contribution < 1.29 is 9.84 Å². The van der Waals surface area contributed by atoms with Gasteiger partial charge in [-0.25, -0.2) is 0 Å². The molecule has 0 aliphatic heterocycles. The second-order valence-electron chi connectivity index (χ2n) is 5.34. The molecular weight excluding hydrogens is 345 g/mol. The van der Waals surface area contributed by atoms with Crippen LogP contribution in [-0.4, -0.2) is 11.7 Å². The van der Waals surface area contributed by atoms with Gasteiger partial charge in [-0.3, -0.25) is 0 Å². The molecule has 3 aromatic carbocycles. The van der Waals surface area contributed by atoms with Crippen LogP contribution in [0.25, 0.3) is 10.8 Å². The van der Waals surface area contributed by atoms with Crippen LogP contribution < -0.4 is 10.1 Å². The molecule has 0 aromatic heterocycles. The zero-order chi connectivity index (χ0) is 17.1. The second-order valence-corrected chi connectivity index (χ2v) is 6.15. The SMILES string of the molecule is CCOc1ccc2ccccc2c1CNc1cc(Cl)c(O)c(Cl)c1. The van der Waals surface area contributed by atoms with E-state index in [0.717, 1.165) is 27.8 Å². The Hall–Kier alpha value is -2.10. The van der Waals surface area contributed by atoms with Crippen molar-refractivity contribution in [2.75, 3.05) is 11.9 Å². The Morgan fingerprint density at radius 2 is 1.75 bits per heavy atom. The highest BCUT2D eigenvalue weighted by Gasteiger charge is 2.10. The van der Waals surface area contributed by atoms with Gasteiger partial charge in [0.1, 0.15) is 5.75 Å². The average molecular weight is 362 g/mol. The highest BCUT2D eigenvalue weighted by Crippen LogP contribution is 2.35. The van der Waals surface area contributed by atoms with Gasteiger partial charge in [-0.15, -0.1) is 0 Å². The van der Waals surface area contributed by atoms with Crippen molar-refractivity contribution in [2.45, 2.75) is 13.5 Å². The largest absolute Gasteiger partial charge is 0.505 e. The first-order valence-electron chi connectivity index (χ1n) is 7.65. The molecule has 3 rings (SSSR count). The van der Waals surface area contributed by atoms with Gasteiger partial charge in [0.2, 0.25) is 0 Å². The van der Waals surface area contributed by atoms with E-state index in [1.165, 1.54) is 0 Å². The van der Waals surface area contributed by atoms with Crippen LogP contribution in [-0.2, 0) is 6.54 Å². The third kappa shape index (κ3) is 3.37. The van der Waals surface area contributed by atoms with E-state index in [9.17, 15) is 5.11 Å². The Kier molecular flexibility index (Phi) is 5.03. The molecule has 0 heterocycles. The lowest BCUT2D eigenvalue weighted by atomic mass is 10.0. The minimum absolute atomic E-state index is 0.107. The van der Waals surface area contributed by atoms with Gasteiger partial charge in [0.15, 0.2) is 5.75 Å². The molecule has 0 amide bonds. The number of hydrogen-bond acceptors (Lipinski definition) is 3. The highest BCUT2D eigenvalue weighted by molar-refractivity contribution is 6.37. The number of benzene rings is 3. The molecule has 3 nitrogen and oxygen atoms in total. The van der Waals surface area contributed by atoms with E-state index in [-0.39, 0.29) is 15.8 Å². The zero-order valence-corrected chi connectivity index (χ0v) is 14.7. The van der Waals surface area contributed by atoms with Gasteiger partial charge in [-0.2, -0.15) is 0 Å². The van der Waals surface area contributed by atoms with Crippen LogP contribution in [0.15, 0.2) is 48.5 Å². The van der Waals surface area contributed by atoms with Gasteiger partial charge in [0.25, 0.3) is 0 Å². The van der Waals surface area contributed by atoms with Gasteiger partial charge in [-0.05, 0) is 35.9 Å². The molecule has 0 aliphatic carbocycles. The monoisotopic (exact) mass is 361 g/mol. The molecule has 0 atom stereocenters. The molecule has 124 valence electrons. The first kappa shape index (κ1) is 16.7. The van der Waals surface area contributed by atoms with Gasteiger partial charge >= 0.3 is 0 Å². The summed E-state index contributed by atoms with van der Waals surface area (Å²) in [4.78, 5) is 0. The summed E-state index contributed by atoms with van der Waals surface area (Å²) in [6.07, 6.45) is 0. The van der Waals surface area contributed by atoms with Crippen LogP contribution in [0.3, 0.4) is 0 Å². The molecule has 0 fully saturated rings. The van der Waals surface area contributed by atoms with Crippen LogP contribution in [0, 0.1) is 0 Å². The van der Waals surface area contributed by atoms with E-state index in [4.69, 9.17) is 27.9 Å². The summed E-state index contributed by atoms with van der Waals surface area (Å²) in [5.41, 5.74) is 1.80. The summed E-state index contributed by atoms with van der Waals surface area (Å²) in [7, 11) is 0. The molecule has 0 saturated heterocycles. The van der Waals surface area contributed by atoms with E-state index >= 15 is 0 Å². The number of rotatable bonds is 5. The molecule has 0 radical (unpaired) electrons. The van der Waals surface area contributed by atoms with Crippen molar-refractivity contribution in [1.82, 2.24) is 0 Å². The van der Waals surface area contributed by atoms with E-state index < -0.39 is 0 Å². The number of ether oxygens (including phenoxy) is 1. The average Bonchev–Trinajstić information content (AvgIpc) is 2.58. The Morgan fingerprint density at radius 1 is 1.04 bits per heavy atom. The number of halogens is 2. The zero-order valence-electron chi connectivity index (χ0n) is 13.1. The van der Waals surface area contributed by atoms with Crippen molar-refractivity contribution >= 4 is 39.7 Å². The maximum atomic E-state index is 9.66. The molecule has 2 N–H and O–H groups in total. The van der Waals surface area contributed by atoms with Crippen molar-refractivity contribution in [3.8, 4) is 11.5 Å². The second kappa shape index (κ2) is 7.20. The summed E-state index contributed by atoms with van der Waals surface area (Å²) in [6, 6.07) is 15.5. The molecule has 0 spiro atoms. The fourth-order valence-corrected chi connectivity index (χ4v) is 3.13. The lowest BCUT2D eigenvalue weighted by molar-refractivity contribution is 0.337. The third-order valence-corrected chi connectivity index (χ3v) is 4.36. The van der Waals surface area contributed by atoms with Crippen molar-refractivity contribution in [1.29, 1.82) is 0 Å². The first-order valence-corrected chi connectivity index (χ1v) is 8.41. The predicted molar refractivity (Wildman–Crippen MR) is 101 cm³/mol. The van der Waals surface area contributed by atoms with E-state index in [2.05, 4.69) is 23.5 Å². The molecule has 0 saturated carbocycles. The van der Waals surface area contributed by atoms with Crippen LogP contribution in [0.1, 0.15) is 12.5 Å². The summed E-state index contributed by atoms with van der Waals surface area (Å²) in [5.74, 6) is 0.740. The summed E-state index contributed by atoms with van der Waals surface area (Å²) in [5, 5.41) is 15.7. The topological polar surface area (TPSA) is 41.5 Å². The van der Waals surface area contributed by atoms with Crippen LogP contribution in [0.2, 0.25) is 10.0 Å². The Morgan fingerprint density at radius 3 is 2.46 bits per heavy atom. The van der Waals surface area contributed by atoms with Gasteiger partial charge < -0.3 is 15.2 Å². The summed E-state index contributed by atoms with van der Waals surface area (Å²) >= 11 is 12.0. The fourth-order valence-electron chi connectivity index (χ4n) is 2.65. The maximum Gasteiger partial charge on any atom is 0.152 e. The molecule has 24 heavy (non-hydrogen) atoms. The van der Waals surface area contributed by atoms with Crippen molar-refractivity contribution in [3.05, 3.63) is 64.1 Å². The molecular formula is C19H17Cl2NO2. The van der Waals surface area contributed by atoms with E-state index in [0.29, 0.717) is 13.2 Å². The number of fused-ring (bicyclic) bond motifs is 1. The molecule has 0 bridgehead atoms. The summed E-state index contributed by atoms with van der Waals surface area (Å²) < 4.78 is 5.77. The number of phenols is 1. The number of aromatic hydroxyl groups is 1. The minimum atomic E-state index is -0.107. The lowest BCUT2D eigenvalue weighted by Gasteiger charge is -2.15. The normalized spacial score (nSPS) is 10.8. The van der Waals surface area contributed by atoms with E-state index in [1.807, 2.05) is 25.1 Å². The van der Waals surface area contributed by atoms with Crippen molar-refractivity contribution in [3.63, 3.8) is 0 Å². The van der Waals surface area contributed by atoms with E-state index in [1.54, 1.807) is 12.1 Å². The van der Waals surface area contributed by atoms with Gasteiger partial charge in [0.05, 0.1) is 16.7 Å². The fraction of sp³-hybridized carbons (Fsp3) is 0.158. The molecule has 0 aliphatic rings. The molecule has 0 unspecified atom stereocenters. The number of nitrogens with one attached hydrogen (secondary N) is 1. The highest BCUT2D eigenvalue weighted by atomic mass is 35.5. The number of anilines is 1.